The number of aromatic nitrogens is 2. The molecule has 0 spiro atoms. The third-order valence-electron chi connectivity index (χ3n) is 5.53. The standard InChI is InChI=1S/C25H20BrN3O2/c1-31-20-10-6-5-9-18(20)15-29-24(17-7-3-2-4-8-17)21-22(27-25(30)23(21)28-29)16-11-13-19(26)14-12-16/h2-14,22H,15H2,1H3,(H,27,30). The van der Waals surface area contributed by atoms with Gasteiger partial charge in [-0.2, -0.15) is 5.10 Å². The Labute approximate surface area is 188 Å². The predicted molar refractivity (Wildman–Crippen MR) is 123 cm³/mol. The van der Waals surface area contributed by atoms with E-state index in [1.165, 1.54) is 0 Å². The summed E-state index contributed by atoms with van der Waals surface area (Å²) in [7, 11) is 1.66. The molecule has 1 amide bonds. The van der Waals surface area contributed by atoms with E-state index in [0.717, 1.165) is 38.2 Å². The van der Waals surface area contributed by atoms with Gasteiger partial charge in [-0.3, -0.25) is 9.48 Å². The summed E-state index contributed by atoms with van der Waals surface area (Å²) in [6.45, 7) is 0.502. The molecule has 5 nitrogen and oxygen atoms in total. The second kappa shape index (κ2) is 8.04. The van der Waals surface area contributed by atoms with E-state index < -0.39 is 0 Å². The molecule has 4 aromatic rings. The summed E-state index contributed by atoms with van der Waals surface area (Å²) in [5.74, 6) is 0.643. The monoisotopic (exact) mass is 473 g/mol. The molecule has 1 aromatic heterocycles. The highest BCUT2D eigenvalue weighted by molar-refractivity contribution is 9.10. The Morgan fingerprint density at radius 2 is 1.71 bits per heavy atom. The molecule has 31 heavy (non-hydrogen) atoms. The number of fused-ring (bicyclic) bond motifs is 1. The van der Waals surface area contributed by atoms with E-state index in [1.54, 1.807) is 7.11 Å². The highest BCUT2D eigenvalue weighted by atomic mass is 79.9. The Balaban J connectivity index is 1.69. The van der Waals surface area contributed by atoms with E-state index >= 15 is 0 Å². The van der Waals surface area contributed by atoms with Crippen LogP contribution in [-0.2, 0) is 6.54 Å². The van der Waals surface area contributed by atoms with Crippen molar-refractivity contribution in [2.75, 3.05) is 7.11 Å². The van der Waals surface area contributed by atoms with Crippen molar-refractivity contribution >= 4 is 21.8 Å². The lowest BCUT2D eigenvalue weighted by Crippen LogP contribution is -2.22. The second-order valence-electron chi connectivity index (χ2n) is 7.40. The number of hydrogen-bond acceptors (Lipinski definition) is 3. The summed E-state index contributed by atoms with van der Waals surface area (Å²) >= 11 is 3.49. The van der Waals surface area contributed by atoms with Crippen LogP contribution in [0.5, 0.6) is 5.75 Å². The molecule has 6 heteroatoms. The number of benzene rings is 3. The summed E-state index contributed by atoms with van der Waals surface area (Å²) < 4.78 is 8.45. The van der Waals surface area contributed by atoms with Gasteiger partial charge in [-0.15, -0.1) is 0 Å². The molecular weight excluding hydrogens is 454 g/mol. The predicted octanol–water partition coefficient (Wildman–Crippen LogP) is 5.20. The normalized spacial score (nSPS) is 14.9. The third-order valence-corrected chi connectivity index (χ3v) is 6.06. The van der Waals surface area contributed by atoms with E-state index in [9.17, 15) is 4.79 Å². The zero-order chi connectivity index (χ0) is 21.4. The molecule has 3 aromatic carbocycles. The van der Waals surface area contributed by atoms with Crippen LogP contribution in [0.1, 0.15) is 33.2 Å². The van der Waals surface area contributed by atoms with Gasteiger partial charge in [0.1, 0.15) is 5.75 Å². The topological polar surface area (TPSA) is 56.1 Å². The number of halogens is 1. The molecule has 0 bridgehead atoms. The molecule has 0 radical (unpaired) electrons. The van der Waals surface area contributed by atoms with Crippen molar-refractivity contribution in [3.8, 4) is 17.0 Å². The first kappa shape index (κ1) is 19.6. The Morgan fingerprint density at radius 3 is 2.45 bits per heavy atom. The number of hydrogen-bond donors (Lipinski definition) is 1. The Morgan fingerprint density at radius 1 is 1.00 bits per heavy atom. The maximum absolute atomic E-state index is 12.9. The van der Waals surface area contributed by atoms with Gasteiger partial charge in [0.15, 0.2) is 5.69 Å². The molecule has 154 valence electrons. The lowest BCUT2D eigenvalue weighted by atomic mass is 9.96. The van der Waals surface area contributed by atoms with Gasteiger partial charge in [0, 0.05) is 21.2 Å². The van der Waals surface area contributed by atoms with Crippen molar-refractivity contribution in [3.63, 3.8) is 0 Å². The molecule has 1 aliphatic rings. The lowest BCUT2D eigenvalue weighted by Gasteiger charge is -2.17. The van der Waals surface area contributed by atoms with Crippen LogP contribution in [0.25, 0.3) is 11.3 Å². The number of amides is 1. The smallest absolute Gasteiger partial charge is 0.272 e. The van der Waals surface area contributed by atoms with Crippen LogP contribution in [0.2, 0.25) is 0 Å². The van der Waals surface area contributed by atoms with E-state index in [1.807, 2.05) is 71.4 Å². The Bertz CT molecular complexity index is 1250. The van der Waals surface area contributed by atoms with E-state index in [2.05, 4.69) is 33.4 Å². The molecule has 0 aliphatic carbocycles. The molecule has 0 fully saturated rings. The molecule has 5 rings (SSSR count). The number of para-hydroxylation sites is 1. The molecule has 1 aliphatic heterocycles. The fraction of sp³-hybridized carbons (Fsp3) is 0.120. The van der Waals surface area contributed by atoms with Crippen LogP contribution in [-0.4, -0.2) is 22.8 Å². The first-order chi connectivity index (χ1) is 15.2. The van der Waals surface area contributed by atoms with Gasteiger partial charge in [-0.25, -0.2) is 0 Å². The summed E-state index contributed by atoms with van der Waals surface area (Å²) in [6.07, 6.45) is 0. The fourth-order valence-electron chi connectivity index (χ4n) is 4.10. The number of carbonyl (C=O) groups is 1. The van der Waals surface area contributed by atoms with Gasteiger partial charge in [-0.1, -0.05) is 76.6 Å². The van der Waals surface area contributed by atoms with Crippen LogP contribution < -0.4 is 10.1 Å². The number of methoxy groups -OCH3 is 1. The Hall–Kier alpha value is -3.38. The minimum Gasteiger partial charge on any atom is -0.496 e. The van der Waals surface area contributed by atoms with Gasteiger partial charge in [0.05, 0.1) is 25.4 Å². The van der Waals surface area contributed by atoms with Crippen molar-refractivity contribution in [1.82, 2.24) is 15.1 Å². The number of carbonyl (C=O) groups excluding carboxylic acids is 1. The molecule has 2 heterocycles. The van der Waals surface area contributed by atoms with Crippen LogP contribution >= 0.6 is 15.9 Å². The fourth-order valence-corrected chi connectivity index (χ4v) is 4.37. The minimum atomic E-state index is -0.253. The van der Waals surface area contributed by atoms with E-state index in [4.69, 9.17) is 9.84 Å². The largest absolute Gasteiger partial charge is 0.496 e. The Kier molecular flexibility index (Phi) is 5.08. The number of nitrogens with one attached hydrogen (secondary N) is 1. The molecule has 1 unspecified atom stereocenters. The first-order valence-electron chi connectivity index (χ1n) is 10.00. The highest BCUT2D eigenvalue weighted by Crippen LogP contribution is 2.39. The van der Waals surface area contributed by atoms with Crippen molar-refractivity contribution in [3.05, 3.63) is 106 Å². The van der Waals surface area contributed by atoms with Crippen LogP contribution in [0, 0.1) is 0 Å². The minimum absolute atomic E-state index is 0.154. The molecular formula is C25H20BrN3O2. The van der Waals surface area contributed by atoms with Crippen molar-refractivity contribution < 1.29 is 9.53 Å². The number of rotatable bonds is 5. The molecule has 0 saturated heterocycles. The van der Waals surface area contributed by atoms with Gasteiger partial charge in [0.2, 0.25) is 0 Å². The quantitative estimate of drug-likeness (QED) is 0.433. The zero-order valence-corrected chi connectivity index (χ0v) is 18.5. The van der Waals surface area contributed by atoms with Crippen LogP contribution in [0.4, 0.5) is 0 Å². The first-order valence-corrected chi connectivity index (χ1v) is 10.8. The summed E-state index contributed by atoms with van der Waals surface area (Å²) in [6, 6.07) is 25.7. The number of ether oxygens (including phenoxy) is 1. The van der Waals surface area contributed by atoms with E-state index in [-0.39, 0.29) is 11.9 Å². The van der Waals surface area contributed by atoms with Gasteiger partial charge in [0.25, 0.3) is 5.91 Å². The SMILES string of the molecule is COc1ccccc1Cn1nc2c(c1-c1ccccc1)C(c1ccc(Br)cc1)NC2=O. The second-order valence-corrected chi connectivity index (χ2v) is 8.32. The molecule has 0 saturated carbocycles. The summed E-state index contributed by atoms with van der Waals surface area (Å²) in [5, 5.41) is 7.86. The average molecular weight is 474 g/mol. The maximum atomic E-state index is 12.9. The van der Waals surface area contributed by atoms with E-state index in [0.29, 0.717) is 12.2 Å². The summed E-state index contributed by atoms with van der Waals surface area (Å²) in [5.41, 5.74) is 5.36. The van der Waals surface area contributed by atoms with Crippen LogP contribution in [0.15, 0.2) is 83.3 Å². The van der Waals surface area contributed by atoms with Crippen molar-refractivity contribution in [2.24, 2.45) is 0 Å². The summed E-state index contributed by atoms with van der Waals surface area (Å²) in [4.78, 5) is 12.9. The highest BCUT2D eigenvalue weighted by Gasteiger charge is 2.37. The number of nitrogens with zero attached hydrogens (tertiary/aromatic N) is 2. The van der Waals surface area contributed by atoms with Gasteiger partial charge in [-0.05, 0) is 23.8 Å². The molecule has 1 N–H and O–H groups in total. The lowest BCUT2D eigenvalue weighted by molar-refractivity contribution is 0.0954. The van der Waals surface area contributed by atoms with Crippen molar-refractivity contribution in [1.29, 1.82) is 0 Å². The van der Waals surface area contributed by atoms with Gasteiger partial charge < -0.3 is 10.1 Å². The van der Waals surface area contributed by atoms with Gasteiger partial charge >= 0.3 is 0 Å². The average Bonchev–Trinajstić information content (AvgIpc) is 3.32. The van der Waals surface area contributed by atoms with Crippen LogP contribution in [0.3, 0.4) is 0 Å². The maximum Gasteiger partial charge on any atom is 0.272 e. The third kappa shape index (κ3) is 3.53. The molecule has 1 atom stereocenters. The zero-order valence-electron chi connectivity index (χ0n) is 16.9. The van der Waals surface area contributed by atoms with Crippen molar-refractivity contribution in [2.45, 2.75) is 12.6 Å².